The zero-order valence-corrected chi connectivity index (χ0v) is 9.16. The smallest absolute Gasteiger partial charge is 0.346 e. The Morgan fingerprint density at radius 1 is 1.39 bits per heavy atom. The van der Waals surface area contributed by atoms with E-state index in [1.165, 1.54) is 12.1 Å². The largest absolute Gasteiger partial charge is 0.506 e. The van der Waals surface area contributed by atoms with E-state index in [1.54, 1.807) is 24.3 Å². The maximum atomic E-state index is 10.7. The molecule has 2 aromatic rings. The van der Waals surface area contributed by atoms with Gasteiger partial charge in [0.05, 0.1) is 5.52 Å². The third-order valence-corrected chi connectivity index (χ3v) is 2.36. The van der Waals surface area contributed by atoms with Crippen LogP contribution >= 0.6 is 0 Å². The highest BCUT2D eigenvalue weighted by molar-refractivity contribution is 5.97. The molecule has 0 aliphatic carbocycles. The highest BCUT2D eigenvalue weighted by Gasteiger charge is 2.09. The Morgan fingerprint density at radius 3 is 2.78 bits per heavy atom. The average molecular weight is 240 g/mol. The minimum atomic E-state index is -1.35. The van der Waals surface area contributed by atoms with Crippen LogP contribution in [0.3, 0.4) is 0 Å². The van der Waals surface area contributed by atoms with Crippen LogP contribution in [-0.2, 0) is 4.79 Å². The molecule has 0 saturated heterocycles. The minimum absolute atomic E-state index is 0.0626. The lowest BCUT2D eigenvalue weighted by atomic mass is 10.1. The van der Waals surface area contributed by atoms with E-state index in [9.17, 15) is 9.90 Å². The van der Waals surface area contributed by atoms with Gasteiger partial charge in [-0.05, 0) is 18.2 Å². The molecule has 18 heavy (non-hydrogen) atoms. The summed E-state index contributed by atoms with van der Waals surface area (Å²) in [6, 6.07) is 10.1. The predicted molar refractivity (Wildman–Crippen MR) is 64.6 cm³/mol. The number of carboxylic acid groups (broad SMARTS) is 1. The molecule has 0 unspecified atom stereocenters. The number of nitriles is 1. The number of hydrogen-bond donors (Lipinski definition) is 2. The first-order chi connectivity index (χ1) is 8.61. The van der Waals surface area contributed by atoms with Crippen molar-refractivity contribution in [3.63, 3.8) is 0 Å². The summed E-state index contributed by atoms with van der Waals surface area (Å²) in [7, 11) is 0. The maximum Gasteiger partial charge on any atom is 0.346 e. The second-order valence-electron chi connectivity index (χ2n) is 3.56. The van der Waals surface area contributed by atoms with Crippen molar-refractivity contribution in [3.05, 3.63) is 41.6 Å². The quantitative estimate of drug-likeness (QED) is 0.617. The Labute approximate surface area is 102 Å². The highest BCUT2D eigenvalue weighted by Crippen LogP contribution is 2.23. The second kappa shape index (κ2) is 4.55. The van der Waals surface area contributed by atoms with Crippen LogP contribution in [0.15, 0.2) is 35.9 Å². The van der Waals surface area contributed by atoms with Gasteiger partial charge in [0, 0.05) is 5.39 Å². The van der Waals surface area contributed by atoms with Crippen LogP contribution in [0, 0.1) is 11.3 Å². The van der Waals surface area contributed by atoms with Crippen molar-refractivity contribution in [1.82, 2.24) is 4.98 Å². The minimum Gasteiger partial charge on any atom is -0.506 e. The summed E-state index contributed by atoms with van der Waals surface area (Å²) < 4.78 is 0. The van der Waals surface area contributed by atoms with Gasteiger partial charge in [-0.15, -0.1) is 0 Å². The fraction of sp³-hybridized carbons (Fsp3) is 0. The van der Waals surface area contributed by atoms with Crippen LogP contribution < -0.4 is 0 Å². The maximum absolute atomic E-state index is 10.7. The van der Waals surface area contributed by atoms with Gasteiger partial charge >= 0.3 is 5.97 Å². The lowest BCUT2D eigenvalue weighted by molar-refractivity contribution is -0.132. The summed E-state index contributed by atoms with van der Waals surface area (Å²) in [5.41, 5.74) is 0.199. The number of rotatable bonds is 2. The molecule has 0 aliphatic heterocycles. The second-order valence-corrected chi connectivity index (χ2v) is 3.56. The number of aromatic nitrogens is 1. The highest BCUT2D eigenvalue weighted by atomic mass is 16.4. The van der Waals surface area contributed by atoms with E-state index < -0.39 is 11.5 Å². The molecule has 0 aliphatic rings. The van der Waals surface area contributed by atoms with E-state index in [4.69, 9.17) is 10.4 Å². The first-order valence-electron chi connectivity index (χ1n) is 5.05. The van der Waals surface area contributed by atoms with E-state index in [0.29, 0.717) is 5.52 Å². The van der Waals surface area contributed by atoms with Crippen LogP contribution in [0.1, 0.15) is 5.69 Å². The van der Waals surface area contributed by atoms with Crippen LogP contribution in [0.4, 0.5) is 0 Å². The Balaban J connectivity index is 2.62. The van der Waals surface area contributed by atoms with Gasteiger partial charge in [-0.2, -0.15) is 5.26 Å². The monoisotopic (exact) mass is 240 g/mol. The number of nitrogens with zero attached hydrogens (tertiary/aromatic N) is 2. The molecule has 0 fully saturated rings. The number of benzene rings is 1. The number of carbonyl (C=O) groups is 1. The third-order valence-electron chi connectivity index (χ3n) is 2.36. The fourth-order valence-electron chi connectivity index (χ4n) is 1.50. The lowest BCUT2D eigenvalue weighted by Crippen LogP contribution is -1.98. The third kappa shape index (κ3) is 2.13. The number of carboxylic acids is 1. The summed E-state index contributed by atoms with van der Waals surface area (Å²) >= 11 is 0. The van der Waals surface area contributed by atoms with Crippen LogP contribution in [0.25, 0.3) is 17.0 Å². The van der Waals surface area contributed by atoms with Crippen molar-refractivity contribution < 1.29 is 15.0 Å². The van der Waals surface area contributed by atoms with Gasteiger partial charge < -0.3 is 10.2 Å². The normalized spacial score (nSPS) is 11.2. The van der Waals surface area contributed by atoms with Crippen LogP contribution in [0.2, 0.25) is 0 Å². The Morgan fingerprint density at radius 2 is 2.11 bits per heavy atom. The Kier molecular flexibility index (Phi) is 2.94. The Hall–Kier alpha value is -2.87. The van der Waals surface area contributed by atoms with Crippen molar-refractivity contribution in [2.45, 2.75) is 0 Å². The molecule has 0 saturated carbocycles. The molecule has 5 heteroatoms. The molecule has 2 N–H and O–H groups in total. The SMILES string of the molecule is N#C/C(=C/c1nc2ccccc2cc1O)C(=O)O. The molecule has 1 heterocycles. The zero-order valence-electron chi connectivity index (χ0n) is 9.16. The summed E-state index contributed by atoms with van der Waals surface area (Å²) in [6.45, 7) is 0. The van der Waals surface area contributed by atoms with Crippen LogP contribution in [0.5, 0.6) is 5.75 Å². The number of para-hydroxylation sites is 1. The molecule has 0 radical (unpaired) electrons. The molecule has 1 aromatic heterocycles. The van der Waals surface area contributed by atoms with Gasteiger partial charge in [0.2, 0.25) is 0 Å². The number of hydrogen-bond acceptors (Lipinski definition) is 4. The summed E-state index contributed by atoms with van der Waals surface area (Å²) in [5.74, 6) is -1.52. The van der Waals surface area contributed by atoms with E-state index in [2.05, 4.69) is 4.98 Å². The van der Waals surface area contributed by atoms with Gasteiger partial charge in [-0.25, -0.2) is 9.78 Å². The molecule has 2 rings (SSSR count). The Bertz CT molecular complexity index is 699. The van der Waals surface area contributed by atoms with Crippen molar-refractivity contribution in [3.8, 4) is 11.8 Å². The molecule has 88 valence electrons. The van der Waals surface area contributed by atoms with Crippen molar-refractivity contribution in [2.24, 2.45) is 0 Å². The van der Waals surface area contributed by atoms with E-state index >= 15 is 0 Å². The van der Waals surface area contributed by atoms with Gasteiger partial charge in [0.25, 0.3) is 0 Å². The van der Waals surface area contributed by atoms with Gasteiger partial charge in [0.15, 0.2) is 0 Å². The van der Waals surface area contributed by atoms with Crippen LogP contribution in [-0.4, -0.2) is 21.2 Å². The standard InChI is InChI=1S/C13H8N2O3/c14-7-9(13(17)18)5-11-12(16)6-8-3-1-2-4-10(8)15-11/h1-6,16H,(H,17,18)/b9-5-. The summed E-state index contributed by atoms with van der Waals surface area (Å²) in [6.07, 6.45) is 1.05. The molecule has 0 bridgehead atoms. The summed E-state index contributed by atoms with van der Waals surface area (Å²) in [4.78, 5) is 14.8. The van der Waals surface area contributed by atoms with Crippen molar-refractivity contribution in [2.75, 3.05) is 0 Å². The van der Waals surface area contributed by atoms with E-state index in [1.807, 2.05) is 0 Å². The first kappa shape index (κ1) is 11.6. The number of fused-ring (bicyclic) bond motifs is 1. The number of pyridine rings is 1. The molecule has 5 nitrogen and oxygen atoms in total. The molecule has 0 spiro atoms. The fourth-order valence-corrected chi connectivity index (χ4v) is 1.50. The predicted octanol–water partition coefficient (Wildman–Crippen LogP) is 1.93. The number of aromatic hydroxyl groups is 1. The molecule has 0 amide bonds. The molecular weight excluding hydrogens is 232 g/mol. The van der Waals surface area contributed by atoms with E-state index in [-0.39, 0.29) is 11.4 Å². The average Bonchev–Trinajstić information content (AvgIpc) is 2.35. The van der Waals surface area contributed by atoms with Crippen molar-refractivity contribution in [1.29, 1.82) is 5.26 Å². The van der Waals surface area contributed by atoms with Gasteiger partial charge in [0.1, 0.15) is 23.1 Å². The molecular formula is C13H8N2O3. The first-order valence-corrected chi connectivity index (χ1v) is 5.05. The molecule has 1 aromatic carbocycles. The summed E-state index contributed by atoms with van der Waals surface area (Å²) in [5, 5.41) is 27.9. The zero-order chi connectivity index (χ0) is 13.1. The topological polar surface area (TPSA) is 94.2 Å². The van der Waals surface area contributed by atoms with E-state index in [0.717, 1.165) is 11.5 Å². The number of aliphatic carboxylic acids is 1. The van der Waals surface area contributed by atoms with Gasteiger partial charge in [-0.3, -0.25) is 0 Å². The van der Waals surface area contributed by atoms with Gasteiger partial charge in [-0.1, -0.05) is 18.2 Å². The molecule has 0 atom stereocenters. The van der Waals surface area contributed by atoms with Crippen molar-refractivity contribution >= 4 is 22.9 Å². The lowest BCUT2D eigenvalue weighted by Gasteiger charge is -2.02.